The van der Waals surface area contributed by atoms with Crippen molar-refractivity contribution in [1.82, 2.24) is 0 Å². The molecule has 0 saturated heterocycles. The van der Waals surface area contributed by atoms with Gasteiger partial charge in [-0.05, 0) is 49.2 Å². The van der Waals surface area contributed by atoms with E-state index < -0.39 is 10.1 Å². The van der Waals surface area contributed by atoms with Crippen LogP contribution in [0.15, 0.2) is 82.2 Å². The molecule has 0 N–H and O–H groups in total. The van der Waals surface area contributed by atoms with Crippen molar-refractivity contribution in [3.63, 3.8) is 0 Å². The first-order valence-corrected chi connectivity index (χ1v) is 12.5. The van der Waals surface area contributed by atoms with Crippen LogP contribution < -0.4 is 4.18 Å². The van der Waals surface area contributed by atoms with Crippen LogP contribution >= 0.6 is 38.5 Å². The molecule has 0 spiro atoms. The van der Waals surface area contributed by atoms with Crippen molar-refractivity contribution in [2.75, 3.05) is 4.43 Å². The van der Waals surface area contributed by atoms with Gasteiger partial charge in [0.1, 0.15) is 10.6 Å². The van der Waals surface area contributed by atoms with Crippen molar-refractivity contribution < 1.29 is 12.6 Å². The number of alkyl halides is 1. The summed E-state index contributed by atoms with van der Waals surface area (Å²) in [6.45, 7) is 2.00. The molecule has 28 heavy (non-hydrogen) atoms. The van der Waals surface area contributed by atoms with Crippen molar-refractivity contribution in [3.8, 4) is 5.75 Å². The molecule has 1 unspecified atom stereocenters. The fourth-order valence-corrected chi connectivity index (χ4v) is 4.92. The Labute approximate surface area is 188 Å². The van der Waals surface area contributed by atoms with Crippen molar-refractivity contribution in [2.45, 2.75) is 24.2 Å². The van der Waals surface area contributed by atoms with Crippen LogP contribution in [-0.4, -0.2) is 12.8 Å². The molecule has 0 aliphatic rings. The lowest BCUT2D eigenvalue weighted by Gasteiger charge is -2.21. The Balaban J connectivity index is 2.04. The predicted molar refractivity (Wildman–Crippen MR) is 125 cm³/mol. The maximum atomic E-state index is 12.8. The third-order valence-corrected chi connectivity index (χ3v) is 6.84. The zero-order valence-electron chi connectivity index (χ0n) is 15.3. The standard InChI is InChI=1S/C22H20BrIO3S/c1-16-7-12-22(27-28(25,26)19-10-8-18(23)9-11-19)21(15-16)20(13-14-24)17-5-3-2-4-6-17/h2-12,15,20H,13-14H2,1H3. The van der Waals surface area contributed by atoms with E-state index in [1.807, 2.05) is 37.3 Å². The summed E-state index contributed by atoms with van der Waals surface area (Å²) in [6, 6.07) is 22.2. The number of rotatable bonds is 7. The van der Waals surface area contributed by atoms with Crippen LogP contribution in [0.5, 0.6) is 5.75 Å². The van der Waals surface area contributed by atoms with Crippen LogP contribution in [0, 0.1) is 6.92 Å². The van der Waals surface area contributed by atoms with Gasteiger partial charge in [-0.1, -0.05) is 86.5 Å². The summed E-state index contributed by atoms with van der Waals surface area (Å²) in [5, 5.41) is 0. The molecule has 3 aromatic carbocycles. The molecule has 0 aromatic heterocycles. The van der Waals surface area contributed by atoms with Gasteiger partial charge in [0.05, 0.1) is 0 Å². The predicted octanol–water partition coefficient (Wildman–Crippen LogP) is 6.48. The van der Waals surface area contributed by atoms with Gasteiger partial charge in [-0.2, -0.15) is 8.42 Å². The minimum atomic E-state index is -3.92. The Morgan fingerprint density at radius 1 is 1.00 bits per heavy atom. The Morgan fingerprint density at radius 3 is 2.32 bits per heavy atom. The van der Waals surface area contributed by atoms with Crippen LogP contribution in [0.2, 0.25) is 0 Å². The monoisotopic (exact) mass is 570 g/mol. The highest BCUT2D eigenvalue weighted by atomic mass is 127. The fraction of sp³-hybridized carbons (Fsp3) is 0.182. The Hall–Kier alpha value is -1.38. The van der Waals surface area contributed by atoms with Gasteiger partial charge < -0.3 is 4.18 Å². The molecule has 0 saturated carbocycles. The second-order valence-electron chi connectivity index (χ2n) is 6.47. The van der Waals surface area contributed by atoms with Gasteiger partial charge in [0, 0.05) is 20.4 Å². The molecular formula is C22H20BrIO3S. The molecule has 3 nitrogen and oxygen atoms in total. The lowest BCUT2D eigenvalue weighted by atomic mass is 9.88. The molecule has 6 heteroatoms. The number of hydrogen-bond acceptors (Lipinski definition) is 3. The largest absolute Gasteiger partial charge is 0.379 e. The normalized spacial score (nSPS) is 12.5. The van der Waals surface area contributed by atoms with Gasteiger partial charge >= 0.3 is 10.1 Å². The summed E-state index contributed by atoms with van der Waals surface area (Å²) in [4.78, 5) is 0.132. The van der Waals surface area contributed by atoms with Crippen molar-refractivity contribution >= 4 is 48.6 Å². The van der Waals surface area contributed by atoms with E-state index in [0.717, 1.165) is 32.0 Å². The molecule has 0 radical (unpaired) electrons. The second kappa shape index (κ2) is 9.41. The van der Waals surface area contributed by atoms with Gasteiger partial charge in [-0.3, -0.25) is 0 Å². The minimum Gasteiger partial charge on any atom is -0.379 e. The summed E-state index contributed by atoms with van der Waals surface area (Å²) in [7, 11) is -3.92. The van der Waals surface area contributed by atoms with E-state index in [4.69, 9.17) is 4.18 Å². The van der Waals surface area contributed by atoms with Crippen LogP contribution in [0.4, 0.5) is 0 Å². The number of aryl methyl sites for hydroxylation is 1. The molecule has 0 amide bonds. The van der Waals surface area contributed by atoms with Gasteiger partial charge in [0.25, 0.3) is 0 Å². The quantitative estimate of drug-likeness (QED) is 0.185. The highest BCUT2D eigenvalue weighted by Crippen LogP contribution is 2.37. The van der Waals surface area contributed by atoms with Gasteiger partial charge in [0.15, 0.2) is 0 Å². The molecule has 3 rings (SSSR count). The molecule has 0 bridgehead atoms. The van der Waals surface area contributed by atoms with Crippen LogP contribution in [0.25, 0.3) is 0 Å². The van der Waals surface area contributed by atoms with Gasteiger partial charge in [0.2, 0.25) is 0 Å². The van der Waals surface area contributed by atoms with E-state index in [9.17, 15) is 8.42 Å². The number of halogens is 2. The van der Waals surface area contributed by atoms with Crippen molar-refractivity contribution in [3.05, 3.63) is 94.0 Å². The maximum absolute atomic E-state index is 12.8. The smallest absolute Gasteiger partial charge is 0.339 e. The van der Waals surface area contributed by atoms with Crippen LogP contribution in [0.1, 0.15) is 29.0 Å². The maximum Gasteiger partial charge on any atom is 0.339 e. The average molecular weight is 571 g/mol. The van der Waals surface area contributed by atoms with Crippen LogP contribution in [-0.2, 0) is 10.1 Å². The average Bonchev–Trinajstić information content (AvgIpc) is 2.68. The Kier molecular flexibility index (Phi) is 7.17. The highest BCUT2D eigenvalue weighted by Gasteiger charge is 2.23. The number of hydrogen-bond donors (Lipinski definition) is 0. The summed E-state index contributed by atoms with van der Waals surface area (Å²) in [6.07, 6.45) is 0.892. The van der Waals surface area contributed by atoms with E-state index in [-0.39, 0.29) is 10.8 Å². The highest BCUT2D eigenvalue weighted by molar-refractivity contribution is 14.1. The van der Waals surface area contributed by atoms with E-state index in [2.05, 4.69) is 50.7 Å². The molecule has 0 aliphatic carbocycles. The Morgan fingerprint density at radius 2 is 1.68 bits per heavy atom. The lowest BCUT2D eigenvalue weighted by Crippen LogP contribution is -2.13. The first kappa shape index (κ1) is 21.3. The van der Waals surface area contributed by atoms with Crippen LogP contribution in [0.3, 0.4) is 0 Å². The van der Waals surface area contributed by atoms with Crippen molar-refractivity contribution in [1.29, 1.82) is 0 Å². The summed E-state index contributed by atoms with van der Waals surface area (Å²) >= 11 is 5.68. The summed E-state index contributed by atoms with van der Waals surface area (Å²) < 4.78 is 33.0. The molecule has 1 atom stereocenters. The third-order valence-electron chi connectivity index (χ3n) is 4.44. The van der Waals surface area contributed by atoms with E-state index in [1.54, 1.807) is 18.2 Å². The minimum absolute atomic E-state index is 0.0631. The number of benzene rings is 3. The zero-order chi connectivity index (χ0) is 20.1. The lowest BCUT2D eigenvalue weighted by molar-refractivity contribution is 0.480. The summed E-state index contributed by atoms with van der Waals surface area (Å²) in [5.41, 5.74) is 3.11. The van der Waals surface area contributed by atoms with E-state index in [0.29, 0.717) is 5.75 Å². The molecular weight excluding hydrogens is 551 g/mol. The van der Waals surface area contributed by atoms with E-state index in [1.165, 1.54) is 12.1 Å². The third kappa shape index (κ3) is 5.15. The zero-order valence-corrected chi connectivity index (χ0v) is 19.9. The molecule has 0 fully saturated rings. The fourth-order valence-electron chi connectivity index (χ4n) is 3.08. The summed E-state index contributed by atoms with van der Waals surface area (Å²) in [5.74, 6) is 0.445. The van der Waals surface area contributed by atoms with E-state index >= 15 is 0 Å². The topological polar surface area (TPSA) is 43.4 Å². The second-order valence-corrected chi connectivity index (χ2v) is 10.0. The SMILES string of the molecule is Cc1ccc(OS(=O)(=O)c2ccc(Br)cc2)c(C(CCI)c2ccccc2)c1. The molecule has 3 aromatic rings. The molecule has 0 aliphatic heterocycles. The van der Waals surface area contributed by atoms with Gasteiger partial charge in [-0.25, -0.2) is 0 Å². The first-order valence-electron chi connectivity index (χ1n) is 8.82. The van der Waals surface area contributed by atoms with Crippen molar-refractivity contribution in [2.24, 2.45) is 0 Å². The molecule has 146 valence electrons. The Bertz CT molecular complexity index is 1040. The van der Waals surface area contributed by atoms with Gasteiger partial charge in [-0.15, -0.1) is 0 Å². The first-order chi connectivity index (χ1) is 13.4. The molecule has 0 heterocycles.